The largest absolute Gasteiger partial charge is 0.484 e. The molecule has 0 radical (unpaired) electrons. The summed E-state index contributed by atoms with van der Waals surface area (Å²) in [6, 6.07) is 13.9. The van der Waals surface area contributed by atoms with E-state index in [1.165, 1.54) is 18.9 Å². The fourth-order valence-electron chi connectivity index (χ4n) is 3.96. The Kier molecular flexibility index (Phi) is 7.27. The van der Waals surface area contributed by atoms with Crippen LogP contribution >= 0.6 is 11.8 Å². The lowest BCUT2D eigenvalue weighted by Gasteiger charge is -2.25. The molecule has 166 valence electrons. The van der Waals surface area contributed by atoms with Crippen molar-refractivity contribution in [3.63, 3.8) is 0 Å². The maximum absolute atomic E-state index is 12.5. The number of methoxy groups -OCH3 is 1. The number of nitrogens with zero attached hydrogens (tertiary/aromatic N) is 2. The maximum Gasteiger partial charge on any atom is 0.315 e. The third kappa shape index (κ3) is 5.22. The fourth-order valence-corrected chi connectivity index (χ4v) is 4.87. The van der Waals surface area contributed by atoms with Gasteiger partial charge in [0.05, 0.1) is 25.7 Å². The van der Waals surface area contributed by atoms with E-state index in [0.717, 1.165) is 40.8 Å². The number of benzene rings is 2. The van der Waals surface area contributed by atoms with Crippen molar-refractivity contribution in [3.8, 4) is 5.75 Å². The van der Waals surface area contributed by atoms with Crippen molar-refractivity contribution in [1.29, 1.82) is 0 Å². The molecule has 1 aliphatic carbocycles. The van der Waals surface area contributed by atoms with Gasteiger partial charge >= 0.3 is 5.97 Å². The van der Waals surface area contributed by atoms with Crippen LogP contribution in [0.4, 0.5) is 0 Å². The summed E-state index contributed by atoms with van der Waals surface area (Å²) in [6.45, 7) is 0.606. The highest BCUT2D eigenvalue weighted by Crippen LogP contribution is 2.36. The predicted octanol–water partition coefficient (Wildman–Crippen LogP) is 4.63. The minimum atomic E-state index is -0.263. The highest BCUT2D eigenvalue weighted by atomic mass is 32.2. The third-order valence-electron chi connectivity index (χ3n) is 5.59. The molecule has 0 bridgehead atoms. The molecule has 3 aromatic rings. The van der Waals surface area contributed by atoms with E-state index in [-0.39, 0.29) is 23.6 Å². The molecule has 0 fully saturated rings. The second-order valence-corrected chi connectivity index (χ2v) is 8.68. The average molecular weight is 451 g/mol. The number of carbonyl (C=O) groups is 2. The van der Waals surface area contributed by atoms with Crippen molar-refractivity contribution in [2.75, 3.05) is 12.9 Å². The molecular formula is C25H26N2O4S. The number of carbonyl (C=O) groups excluding carboxylic acids is 2. The zero-order valence-corrected chi connectivity index (χ0v) is 18.8. The Bertz CT molecular complexity index is 1070. The zero-order valence-electron chi connectivity index (χ0n) is 18.0. The number of esters is 1. The molecule has 1 aromatic heterocycles. The van der Waals surface area contributed by atoms with Crippen LogP contribution in [0.5, 0.6) is 5.75 Å². The number of fused-ring (bicyclic) bond motifs is 1. The van der Waals surface area contributed by atoms with Crippen LogP contribution in [0.15, 0.2) is 61.2 Å². The Hall–Kier alpha value is -3.06. The first-order chi connectivity index (χ1) is 15.7. The van der Waals surface area contributed by atoms with Crippen LogP contribution in [0.3, 0.4) is 0 Å². The van der Waals surface area contributed by atoms with Crippen molar-refractivity contribution in [1.82, 2.24) is 9.55 Å². The van der Waals surface area contributed by atoms with Crippen LogP contribution in [0.1, 0.15) is 46.0 Å². The van der Waals surface area contributed by atoms with Gasteiger partial charge in [-0.05, 0) is 36.1 Å². The van der Waals surface area contributed by atoms with Crippen LogP contribution in [-0.4, -0.2) is 34.2 Å². The smallest absolute Gasteiger partial charge is 0.315 e. The molecule has 0 amide bonds. The lowest BCUT2D eigenvalue weighted by molar-refractivity contribution is -0.137. The third-order valence-corrected chi connectivity index (χ3v) is 6.52. The van der Waals surface area contributed by atoms with Crippen LogP contribution in [0.2, 0.25) is 0 Å². The summed E-state index contributed by atoms with van der Waals surface area (Å²) >= 11 is 1.47. The summed E-state index contributed by atoms with van der Waals surface area (Å²) in [4.78, 5) is 28.3. The number of thioether (sulfide) groups is 1. The first-order valence-corrected chi connectivity index (χ1v) is 11.8. The molecule has 7 heteroatoms. The molecule has 4 rings (SSSR count). The Labute approximate surface area is 192 Å². The molecule has 0 spiro atoms. The Morgan fingerprint density at radius 2 is 2.03 bits per heavy atom. The molecule has 0 N–H and O–H groups in total. The summed E-state index contributed by atoms with van der Waals surface area (Å²) in [5.74, 6) is 1.50. The lowest BCUT2D eigenvalue weighted by Crippen LogP contribution is -2.18. The summed E-state index contributed by atoms with van der Waals surface area (Å²) in [7, 11) is 1.39. The topological polar surface area (TPSA) is 70.4 Å². The molecule has 0 aliphatic heterocycles. The van der Waals surface area contributed by atoms with E-state index in [9.17, 15) is 9.59 Å². The standard InChI is InChI=1S/C25H26N2O4S/c1-30-25(29)16-32-15-21-19-8-5-9-22(28)20(19)10-11-23(21)31-24(14-27-13-12-26-17-27)18-6-3-2-4-7-18/h2-4,6-7,10-13,17,24H,5,8-9,14-16H2,1H3. The van der Waals surface area contributed by atoms with Crippen molar-refractivity contribution in [2.45, 2.75) is 37.7 Å². The van der Waals surface area contributed by atoms with Crippen molar-refractivity contribution >= 4 is 23.5 Å². The number of imidazole rings is 1. The van der Waals surface area contributed by atoms with Gasteiger partial charge in [0, 0.05) is 35.7 Å². The maximum atomic E-state index is 12.5. The van der Waals surface area contributed by atoms with E-state index in [0.29, 0.717) is 18.7 Å². The van der Waals surface area contributed by atoms with Gasteiger partial charge in [0.1, 0.15) is 11.9 Å². The molecule has 2 aromatic carbocycles. The van der Waals surface area contributed by atoms with Crippen molar-refractivity contribution < 1.29 is 19.1 Å². The van der Waals surface area contributed by atoms with Crippen LogP contribution in [0, 0.1) is 0 Å². The summed E-state index contributed by atoms with van der Waals surface area (Å²) in [5.41, 5.74) is 3.88. The SMILES string of the molecule is COC(=O)CSCc1c(OC(Cn2ccnc2)c2ccccc2)ccc2c1CCCC2=O. The van der Waals surface area contributed by atoms with Gasteiger partial charge in [0.25, 0.3) is 0 Å². The van der Waals surface area contributed by atoms with Gasteiger partial charge in [-0.1, -0.05) is 30.3 Å². The first-order valence-electron chi connectivity index (χ1n) is 10.7. The number of rotatable bonds is 9. The number of hydrogen-bond donors (Lipinski definition) is 0. The minimum Gasteiger partial charge on any atom is -0.484 e. The minimum absolute atomic E-state index is 0.176. The molecule has 0 saturated heterocycles. The van der Waals surface area contributed by atoms with Gasteiger partial charge in [-0.3, -0.25) is 9.59 Å². The normalized spacial score (nSPS) is 14.0. The number of aromatic nitrogens is 2. The summed E-state index contributed by atoms with van der Waals surface area (Å²) < 4.78 is 13.4. The average Bonchev–Trinajstić information content (AvgIpc) is 3.33. The van der Waals surface area contributed by atoms with Gasteiger partial charge < -0.3 is 14.0 Å². The van der Waals surface area contributed by atoms with E-state index in [2.05, 4.69) is 17.1 Å². The molecule has 1 heterocycles. The molecule has 1 aliphatic rings. The predicted molar refractivity (Wildman–Crippen MR) is 124 cm³/mol. The first kappa shape index (κ1) is 22.1. The van der Waals surface area contributed by atoms with Crippen LogP contribution in [0.25, 0.3) is 0 Å². The van der Waals surface area contributed by atoms with Crippen molar-refractivity contribution in [2.24, 2.45) is 0 Å². The summed E-state index contributed by atoms with van der Waals surface area (Å²) in [5, 5.41) is 0. The zero-order chi connectivity index (χ0) is 22.3. The van der Waals surface area contributed by atoms with Crippen LogP contribution in [-0.2, 0) is 28.2 Å². The monoisotopic (exact) mass is 450 g/mol. The van der Waals surface area contributed by atoms with E-state index in [1.54, 1.807) is 12.5 Å². The molecule has 1 unspecified atom stereocenters. The Morgan fingerprint density at radius 1 is 1.19 bits per heavy atom. The van der Waals surface area contributed by atoms with E-state index < -0.39 is 0 Å². The van der Waals surface area contributed by atoms with Gasteiger partial charge in [0.2, 0.25) is 0 Å². The molecule has 6 nitrogen and oxygen atoms in total. The highest BCUT2D eigenvalue weighted by Gasteiger charge is 2.24. The van der Waals surface area contributed by atoms with Crippen LogP contribution < -0.4 is 4.74 Å². The van der Waals surface area contributed by atoms with Gasteiger partial charge in [-0.25, -0.2) is 4.98 Å². The number of ketones is 1. The highest BCUT2D eigenvalue weighted by molar-refractivity contribution is 7.99. The van der Waals surface area contributed by atoms with Gasteiger partial charge in [-0.15, -0.1) is 11.8 Å². The second-order valence-electron chi connectivity index (χ2n) is 7.69. The van der Waals surface area contributed by atoms with Gasteiger partial charge in [0.15, 0.2) is 5.78 Å². The van der Waals surface area contributed by atoms with Gasteiger partial charge in [-0.2, -0.15) is 0 Å². The quantitative estimate of drug-likeness (QED) is 0.443. The summed E-state index contributed by atoms with van der Waals surface area (Å²) in [6.07, 6.45) is 7.46. The van der Waals surface area contributed by atoms with E-state index in [4.69, 9.17) is 9.47 Å². The molecule has 32 heavy (non-hydrogen) atoms. The lowest BCUT2D eigenvalue weighted by atomic mass is 9.87. The number of ether oxygens (including phenoxy) is 2. The fraction of sp³-hybridized carbons (Fsp3) is 0.320. The van der Waals surface area contributed by atoms with Crippen molar-refractivity contribution in [3.05, 3.63) is 83.4 Å². The Balaban J connectivity index is 1.66. The number of Topliss-reactive ketones (excluding diaryl/α,β-unsaturated/α-hetero) is 1. The Morgan fingerprint density at radius 3 is 2.78 bits per heavy atom. The molecular weight excluding hydrogens is 424 g/mol. The molecule has 1 atom stereocenters. The number of hydrogen-bond acceptors (Lipinski definition) is 6. The second kappa shape index (κ2) is 10.5. The van der Waals surface area contributed by atoms with E-state index in [1.807, 2.05) is 41.1 Å². The van der Waals surface area contributed by atoms with E-state index >= 15 is 0 Å². The molecule has 0 saturated carbocycles.